The zero-order chi connectivity index (χ0) is 12.6. The van der Waals surface area contributed by atoms with Crippen molar-refractivity contribution in [3.05, 3.63) is 22.2 Å². The average molecular weight is 302 g/mol. The Morgan fingerprint density at radius 3 is 2.65 bits per heavy atom. The molecule has 0 aliphatic carbocycles. The zero-order valence-electron chi connectivity index (χ0n) is 8.85. The molecule has 2 rings (SSSR count). The molecule has 0 amide bonds. The Hall–Kier alpha value is -1.27. The number of phenols is 2. The molecule has 1 heterocycles. The number of rotatable bonds is 2. The molecule has 0 radical (unpaired) electrons. The van der Waals surface area contributed by atoms with Crippen LogP contribution >= 0.6 is 15.9 Å². The van der Waals surface area contributed by atoms with E-state index in [2.05, 4.69) is 21.2 Å². The highest BCUT2D eigenvalue weighted by Gasteiger charge is 2.32. The first-order chi connectivity index (χ1) is 8.00. The van der Waals surface area contributed by atoms with Gasteiger partial charge in [0.15, 0.2) is 11.5 Å². The van der Waals surface area contributed by atoms with Gasteiger partial charge in [-0.25, -0.2) is 0 Å². The molecule has 0 bridgehead atoms. The predicted molar refractivity (Wildman–Crippen MR) is 64.0 cm³/mol. The fourth-order valence-electron chi connectivity index (χ4n) is 2.01. The van der Waals surface area contributed by atoms with Crippen molar-refractivity contribution in [2.45, 2.75) is 12.5 Å². The molecule has 1 saturated heterocycles. The molecular weight excluding hydrogens is 290 g/mol. The normalized spacial score (nSPS) is 23.8. The molecule has 2 atom stereocenters. The Labute approximate surface area is 106 Å². The highest BCUT2D eigenvalue weighted by Crippen LogP contribution is 2.41. The van der Waals surface area contributed by atoms with E-state index >= 15 is 0 Å². The first kappa shape index (κ1) is 12.2. The van der Waals surface area contributed by atoms with Gasteiger partial charge in [0.05, 0.1) is 10.4 Å². The van der Waals surface area contributed by atoms with Gasteiger partial charge in [0.1, 0.15) is 0 Å². The SMILES string of the molecule is O=C(O)C1CNC(c2ccc(Br)c(O)c2O)C1. The number of aromatic hydroxyl groups is 2. The maximum Gasteiger partial charge on any atom is 0.307 e. The fraction of sp³-hybridized carbons (Fsp3) is 0.364. The van der Waals surface area contributed by atoms with Crippen molar-refractivity contribution in [2.24, 2.45) is 5.92 Å². The van der Waals surface area contributed by atoms with E-state index in [9.17, 15) is 15.0 Å². The maximum atomic E-state index is 10.8. The Balaban J connectivity index is 2.25. The maximum absolute atomic E-state index is 10.8. The van der Waals surface area contributed by atoms with E-state index in [-0.39, 0.29) is 17.5 Å². The summed E-state index contributed by atoms with van der Waals surface area (Å²) < 4.78 is 0.409. The molecule has 0 aromatic heterocycles. The third-order valence-corrected chi connectivity index (χ3v) is 3.63. The summed E-state index contributed by atoms with van der Waals surface area (Å²) in [6, 6.07) is 3.05. The minimum absolute atomic E-state index is 0.206. The summed E-state index contributed by atoms with van der Waals surface area (Å²) in [7, 11) is 0. The topological polar surface area (TPSA) is 89.8 Å². The van der Waals surface area contributed by atoms with Crippen LogP contribution < -0.4 is 5.32 Å². The summed E-state index contributed by atoms with van der Waals surface area (Å²) in [5, 5.41) is 31.3. The summed E-state index contributed by atoms with van der Waals surface area (Å²) in [6.07, 6.45) is 0.407. The quantitative estimate of drug-likeness (QED) is 0.623. The van der Waals surface area contributed by atoms with E-state index < -0.39 is 11.9 Å². The number of halogens is 1. The molecule has 6 heteroatoms. The number of carbonyl (C=O) groups is 1. The molecular formula is C11H12BrNO4. The van der Waals surface area contributed by atoms with Gasteiger partial charge in [-0.05, 0) is 28.4 Å². The first-order valence-corrected chi connectivity index (χ1v) is 5.96. The first-order valence-electron chi connectivity index (χ1n) is 5.17. The molecule has 4 N–H and O–H groups in total. The van der Waals surface area contributed by atoms with E-state index in [0.29, 0.717) is 23.0 Å². The zero-order valence-corrected chi connectivity index (χ0v) is 10.4. The fourth-order valence-corrected chi connectivity index (χ4v) is 2.33. The summed E-state index contributed by atoms with van der Waals surface area (Å²) in [6.45, 7) is 0.371. The van der Waals surface area contributed by atoms with Crippen LogP contribution in [0.25, 0.3) is 0 Å². The minimum atomic E-state index is -0.846. The standard InChI is InChI=1S/C11H12BrNO4/c12-7-2-1-6(9(14)10(7)15)8-3-5(4-13-8)11(16)17/h1-2,5,8,13-15H,3-4H2,(H,16,17). The molecule has 0 spiro atoms. The van der Waals surface area contributed by atoms with E-state index in [1.807, 2.05) is 0 Å². The summed E-state index contributed by atoms with van der Waals surface area (Å²) >= 11 is 3.10. The number of benzene rings is 1. The number of carboxylic acids is 1. The van der Waals surface area contributed by atoms with Gasteiger partial charge in [0.25, 0.3) is 0 Å². The van der Waals surface area contributed by atoms with Crippen molar-refractivity contribution in [1.82, 2.24) is 5.32 Å². The lowest BCUT2D eigenvalue weighted by molar-refractivity contribution is -0.141. The molecule has 2 unspecified atom stereocenters. The van der Waals surface area contributed by atoms with E-state index in [4.69, 9.17) is 5.11 Å². The lowest BCUT2D eigenvalue weighted by Gasteiger charge is -2.14. The van der Waals surface area contributed by atoms with Crippen molar-refractivity contribution >= 4 is 21.9 Å². The van der Waals surface area contributed by atoms with Crippen LogP contribution in [0.3, 0.4) is 0 Å². The van der Waals surface area contributed by atoms with Crippen molar-refractivity contribution in [2.75, 3.05) is 6.54 Å². The summed E-state index contributed by atoms with van der Waals surface area (Å²) in [5.74, 6) is -1.72. The van der Waals surface area contributed by atoms with Crippen molar-refractivity contribution in [1.29, 1.82) is 0 Å². The van der Waals surface area contributed by atoms with Crippen molar-refractivity contribution in [3.63, 3.8) is 0 Å². The molecule has 5 nitrogen and oxygen atoms in total. The lowest BCUT2D eigenvalue weighted by atomic mass is 9.99. The van der Waals surface area contributed by atoms with Crippen LogP contribution in [0.4, 0.5) is 0 Å². The van der Waals surface area contributed by atoms with Crippen LogP contribution in [0.1, 0.15) is 18.0 Å². The van der Waals surface area contributed by atoms with Crippen LogP contribution in [-0.2, 0) is 4.79 Å². The highest BCUT2D eigenvalue weighted by molar-refractivity contribution is 9.10. The monoisotopic (exact) mass is 301 g/mol. The second-order valence-electron chi connectivity index (χ2n) is 4.07. The number of carboxylic acid groups (broad SMARTS) is 1. The number of aliphatic carboxylic acids is 1. The van der Waals surface area contributed by atoms with Crippen molar-refractivity contribution in [3.8, 4) is 11.5 Å². The van der Waals surface area contributed by atoms with Crippen LogP contribution in [0.15, 0.2) is 16.6 Å². The Morgan fingerprint density at radius 1 is 1.35 bits per heavy atom. The smallest absolute Gasteiger partial charge is 0.307 e. The van der Waals surface area contributed by atoms with Crippen LogP contribution in [0, 0.1) is 5.92 Å². The Kier molecular flexibility index (Phi) is 3.26. The largest absolute Gasteiger partial charge is 0.504 e. The molecule has 17 heavy (non-hydrogen) atoms. The third kappa shape index (κ3) is 2.23. The summed E-state index contributed by atoms with van der Waals surface area (Å²) in [5.41, 5.74) is 0.523. The molecule has 0 saturated carbocycles. The van der Waals surface area contributed by atoms with Gasteiger partial charge in [0, 0.05) is 18.2 Å². The highest BCUT2D eigenvalue weighted by atomic mass is 79.9. The van der Waals surface area contributed by atoms with Crippen LogP contribution in [0.2, 0.25) is 0 Å². The lowest BCUT2D eigenvalue weighted by Crippen LogP contribution is -2.17. The minimum Gasteiger partial charge on any atom is -0.504 e. The van der Waals surface area contributed by atoms with Crippen molar-refractivity contribution < 1.29 is 20.1 Å². The number of hydrogen-bond acceptors (Lipinski definition) is 4. The Bertz CT molecular complexity index is 463. The summed E-state index contributed by atoms with van der Waals surface area (Å²) in [4.78, 5) is 10.8. The van der Waals surface area contributed by atoms with Gasteiger partial charge in [0.2, 0.25) is 0 Å². The second-order valence-corrected chi connectivity index (χ2v) is 4.92. The predicted octanol–water partition coefficient (Wildman–Crippen LogP) is 1.60. The number of phenolic OH excluding ortho intramolecular Hbond substituents is 2. The Morgan fingerprint density at radius 2 is 2.06 bits per heavy atom. The molecule has 1 fully saturated rings. The third-order valence-electron chi connectivity index (χ3n) is 2.99. The number of nitrogens with one attached hydrogen (secondary N) is 1. The van der Waals surface area contributed by atoms with Gasteiger partial charge in [-0.3, -0.25) is 4.79 Å². The van der Waals surface area contributed by atoms with Gasteiger partial charge in [-0.15, -0.1) is 0 Å². The average Bonchev–Trinajstić information content (AvgIpc) is 2.75. The molecule has 1 aliphatic rings. The van der Waals surface area contributed by atoms with Crippen LogP contribution in [-0.4, -0.2) is 27.8 Å². The molecule has 92 valence electrons. The number of hydrogen-bond donors (Lipinski definition) is 4. The van der Waals surface area contributed by atoms with Crippen LogP contribution in [0.5, 0.6) is 11.5 Å². The molecule has 1 aromatic carbocycles. The van der Waals surface area contributed by atoms with Gasteiger partial charge < -0.3 is 20.6 Å². The van der Waals surface area contributed by atoms with E-state index in [1.165, 1.54) is 0 Å². The molecule has 1 aromatic rings. The van der Waals surface area contributed by atoms with Gasteiger partial charge in [-0.1, -0.05) is 6.07 Å². The van der Waals surface area contributed by atoms with Gasteiger partial charge >= 0.3 is 5.97 Å². The second kappa shape index (κ2) is 4.54. The van der Waals surface area contributed by atoms with E-state index in [0.717, 1.165) is 0 Å². The van der Waals surface area contributed by atoms with E-state index in [1.54, 1.807) is 12.1 Å². The molecule has 1 aliphatic heterocycles. The van der Waals surface area contributed by atoms with Gasteiger partial charge in [-0.2, -0.15) is 0 Å².